The second-order valence-corrected chi connectivity index (χ2v) is 5.79. The molecule has 2 aromatic rings. The van der Waals surface area contributed by atoms with Gasteiger partial charge in [-0.15, -0.1) is 0 Å². The maximum Gasteiger partial charge on any atom is 0.0582 e. The largest absolute Gasteiger partial charge is 0.311 e. The predicted octanol–water partition coefficient (Wildman–Crippen LogP) is 3.53. The Bertz CT molecular complexity index is 528. The molecule has 0 spiro atoms. The van der Waals surface area contributed by atoms with E-state index in [0.29, 0.717) is 0 Å². The molecule has 1 heterocycles. The van der Waals surface area contributed by atoms with Crippen molar-refractivity contribution >= 4 is 0 Å². The van der Waals surface area contributed by atoms with Crippen LogP contribution in [0.1, 0.15) is 44.5 Å². The van der Waals surface area contributed by atoms with Gasteiger partial charge in [-0.05, 0) is 25.1 Å². The highest BCUT2D eigenvalue weighted by Crippen LogP contribution is 2.36. The molecule has 1 aromatic heterocycles. The van der Waals surface area contributed by atoms with E-state index in [-0.39, 0.29) is 11.5 Å². The lowest BCUT2D eigenvalue weighted by atomic mass is 9.76. The summed E-state index contributed by atoms with van der Waals surface area (Å²) in [5.74, 6) is 0. The molecule has 20 heavy (non-hydrogen) atoms. The Hall–Kier alpha value is -1.61. The molecule has 108 valence electrons. The summed E-state index contributed by atoms with van der Waals surface area (Å²) in [6, 6.07) is 13.0. The van der Waals surface area contributed by atoms with E-state index in [4.69, 9.17) is 0 Å². The van der Waals surface area contributed by atoms with Crippen molar-refractivity contribution in [1.82, 2.24) is 15.1 Å². The third kappa shape index (κ3) is 2.78. The highest BCUT2D eigenvalue weighted by molar-refractivity contribution is 5.29. The van der Waals surface area contributed by atoms with Crippen LogP contribution in [0.5, 0.6) is 0 Å². The topological polar surface area (TPSA) is 29.9 Å². The molecule has 1 unspecified atom stereocenters. The molecule has 0 saturated carbocycles. The standard InChI is InChI=1S/C17H25N3/c1-5-13-20-15(11-12-19-20)16(18-4)17(2,3)14-9-7-6-8-10-14/h6-12,16,18H,5,13H2,1-4H3. The fourth-order valence-electron chi connectivity index (χ4n) is 2.90. The Kier molecular flexibility index (Phi) is 4.61. The van der Waals surface area contributed by atoms with E-state index >= 15 is 0 Å². The van der Waals surface area contributed by atoms with Crippen LogP contribution in [0.2, 0.25) is 0 Å². The van der Waals surface area contributed by atoms with Crippen molar-refractivity contribution in [2.24, 2.45) is 0 Å². The fourth-order valence-corrected chi connectivity index (χ4v) is 2.90. The summed E-state index contributed by atoms with van der Waals surface area (Å²) in [6.45, 7) is 7.72. The molecule has 0 aliphatic carbocycles. The summed E-state index contributed by atoms with van der Waals surface area (Å²) in [7, 11) is 2.03. The maximum absolute atomic E-state index is 4.46. The van der Waals surface area contributed by atoms with Crippen molar-refractivity contribution in [3.8, 4) is 0 Å². The molecular weight excluding hydrogens is 246 g/mol. The van der Waals surface area contributed by atoms with Gasteiger partial charge < -0.3 is 5.32 Å². The third-order valence-corrected chi connectivity index (χ3v) is 4.01. The summed E-state index contributed by atoms with van der Waals surface area (Å²) < 4.78 is 2.12. The minimum atomic E-state index is 0.00152. The van der Waals surface area contributed by atoms with Crippen LogP contribution in [0.4, 0.5) is 0 Å². The van der Waals surface area contributed by atoms with Gasteiger partial charge in [-0.25, -0.2) is 0 Å². The third-order valence-electron chi connectivity index (χ3n) is 4.01. The van der Waals surface area contributed by atoms with E-state index in [1.807, 2.05) is 13.2 Å². The summed E-state index contributed by atoms with van der Waals surface area (Å²) >= 11 is 0. The van der Waals surface area contributed by atoms with Gasteiger partial charge >= 0.3 is 0 Å². The first-order valence-corrected chi connectivity index (χ1v) is 7.35. The second-order valence-electron chi connectivity index (χ2n) is 5.79. The first-order valence-electron chi connectivity index (χ1n) is 7.35. The van der Waals surface area contributed by atoms with Crippen molar-refractivity contribution in [2.75, 3.05) is 7.05 Å². The Morgan fingerprint density at radius 1 is 1.20 bits per heavy atom. The van der Waals surface area contributed by atoms with Crippen molar-refractivity contribution in [3.05, 3.63) is 53.9 Å². The highest BCUT2D eigenvalue weighted by Gasteiger charge is 2.33. The first-order chi connectivity index (χ1) is 9.61. The van der Waals surface area contributed by atoms with Crippen molar-refractivity contribution in [2.45, 2.75) is 45.2 Å². The number of rotatable bonds is 6. The fraction of sp³-hybridized carbons (Fsp3) is 0.471. The van der Waals surface area contributed by atoms with E-state index in [9.17, 15) is 0 Å². The molecule has 0 amide bonds. The molecule has 3 heteroatoms. The molecule has 0 saturated heterocycles. The monoisotopic (exact) mass is 271 g/mol. The number of nitrogens with one attached hydrogen (secondary N) is 1. The molecule has 0 aliphatic heterocycles. The van der Waals surface area contributed by atoms with Gasteiger partial charge in [0.05, 0.1) is 11.7 Å². The predicted molar refractivity (Wildman–Crippen MR) is 83.8 cm³/mol. The van der Waals surface area contributed by atoms with Gasteiger partial charge in [0, 0.05) is 18.2 Å². The molecule has 2 rings (SSSR count). The summed E-state index contributed by atoms with van der Waals surface area (Å²) in [5, 5.41) is 7.94. The number of benzene rings is 1. The molecule has 0 fully saturated rings. The van der Waals surface area contributed by atoms with Gasteiger partial charge in [-0.3, -0.25) is 4.68 Å². The minimum absolute atomic E-state index is 0.00152. The second kappa shape index (κ2) is 6.23. The lowest BCUT2D eigenvalue weighted by molar-refractivity contribution is 0.344. The molecule has 1 atom stereocenters. The molecule has 1 N–H and O–H groups in total. The van der Waals surface area contributed by atoms with Gasteiger partial charge in [-0.2, -0.15) is 5.10 Å². The quantitative estimate of drug-likeness (QED) is 0.871. The zero-order valence-electron chi connectivity index (χ0n) is 12.9. The van der Waals surface area contributed by atoms with Crippen LogP contribution in [-0.4, -0.2) is 16.8 Å². The van der Waals surface area contributed by atoms with E-state index in [1.54, 1.807) is 0 Å². The van der Waals surface area contributed by atoms with Crippen LogP contribution in [0.15, 0.2) is 42.6 Å². The van der Waals surface area contributed by atoms with E-state index in [0.717, 1.165) is 13.0 Å². The van der Waals surface area contributed by atoms with Crippen LogP contribution in [0.25, 0.3) is 0 Å². The average molecular weight is 271 g/mol. The number of nitrogens with zero attached hydrogens (tertiary/aromatic N) is 2. The van der Waals surface area contributed by atoms with Gasteiger partial charge in [-0.1, -0.05) is 51.1 Å². The number of likely N-dealkylation sites (N-methyl/N-ethyl adjacent to an activating group) is 1. The lowest BCUT2D eigenvalue weighted by Crippen LogP contribution is -2.37. The van der Waals surface area contributed by atoms with Crippen LogP contribution < -0.4 is 5.32 Å². The zero-order valence-corrected chi connectivity index (χ0v) is 12.9. The van der Waals surface area contributed by atoms with Gasteiger partial charge in [0.15, 0.2) is 0 Å². The molecular formula is C17H25N3. The normalized spacial score (nSPS) is 13.4. The van der Waals surface area contributed by atoms with Crippen LogP contribution >= 0.6 is 0 Å². The Balaban J connectivity index is 2.38. The van der Waals surface area contributed by atoms with Crippen molar-refractivity contribution in [1.29, 1.82) is 0 Å². The smallest absolute Gasteiger partial charge is 0.0582 e. The minimum Gasteiger partial charge on any atom is -0.311 e. The van der Waals surface area contributed by atoms with E-state index < -0.39 is 0 Å². The number of aryl methyl sites for hydroxylation is 1. The number of hydrogen-bond donors (Lipinski definition) is 1. The SMILES string of the molecule is CCCn1nccc1C(NC)C(C)(C)c1ccccc1. The summed E-state index contributed by atoms with van der Waals surface area (Å²) in [5.41, 5.74) is 2.59. The Labute approximate surface area is 122 Å². The van der Waals surface area contributed by atoms with Gasteiger partial charge in [0.25, 0.3) is 0 Å². The number of aromatic nitrogens is 2. The van der Waals surface area contributed by atoms with Crippen LogP contribution in [0, 0.1) is 0 Å². The average Bonchev–Trinajstić information content (AvgIpc) is 2.89. The Morgan fingerprint density at radius 3 is 2.50 bits per heavy atom. The van der Waals surface area contributed by atoms with Gasteiger partial charge in [0.2, 0.25) is 0 Å². The van der Waals surface area contributed by atoms with E-state index in [1.165, 1.54) is 11.3 Å². The van der Waals surface area contributed by atoms with Crippen LogP contribution in [-0.2, 0) is 12.0 Å². The lowest BCUT2D eigenvalue weighted by Gasteiger charge is -2.35. The molecule has 0 bridgehead atoms. The maximum atomic E-state index is 4.46. The molecule has 0 radical (unpaired) electrons. The Morgan fingerprint density at radius 2 is 1.90 bits per heavy atom. The summed E-state index contributed by atoms with van der Waals surface area (Å²) in [4.78, 5) is 0. The summed E-state index contributed by atoms with van der Waals surface area (Å²) in [6.07, 6.45) is 2.99. The van der Waals surface area contributed by atoms with Crippen molar-refractivity contribution < 1.29 is 0 Å². The van der Waals surface area contributed by atoms with E-state index in [2.05, 4.69) is 72.3 Å². The van der Waals surface area contributed by atoms with Crippen molar-refractivity contribution in [3.63, 3.8) is 0 Å². The van der Waals surface area contributed by atoms with Crippen LogP contribution in [0.3, 0.4) is 0 Å². The number of hydrogen-bond acceptors (Lipinski definition) is 2. The molecule has 1 aromatic carbocycles. The van der Waals surface area contributed by atoms with Gasteiger partial charge in [0.1, 0.15) is 0 Å². The highest BCUT2D eigenvalue weighted by atomic mass is 15.3. The molecule has 3 nitrogen and oxygen atoms in total. The molecule has 0 aliphatic rings. The zero-order chi connectivity index (χ0) is 14.6. The first kappa shape index (κ1) is 14.8.